The fourth-order valence-corrected chi connectivity index (χ4v) is 4.41. The molecule has 34 heavy (non-hydrogen) atoms. The number of anilines is 1. The molecule has 13 heteroatoms. The molecule has 0 unspecified atom stereocenters. The van der Waals surface area contributed by atoms with Gasteiger partial charge in [-0.2, -0.15) is 0 Å². The predicted octanol–water partition coefficient (Wildman–Crippen LogP) is 0.672. The molecule has 3 aromatic heterocycles. The lowest BCUT2D eigenvalue weighted by atomic mass is 10.2. The van der Waals surface area contributed by atoms with E-state index in [4.69, 9.17) is 15.5 Å². The average molecular weight is 509 g/mol. The number of nitrogens with one attached hydrogen (secondary N) is 1. The molecule has 1 fully saturated rings. The normalized spacial score (nSPS) is 18.6. The molecule has 4 N–H and O–H groups in total. The van der Waals surface area contributed by atoms with Gasteiger partial charge in [0.25, 0.3) is 0 Å². The minimum absolute atomic E-state index is 0. The number of hydrogen-bond donors (Lipinski definition) is 3. The van der Waals surface area contributed by atoms with Crippen molar-refractivity contribution < 1.29 is 19.4 Å². The third-order valence-electron chi connectivity index (χ3n) is 5.63. The summed E-state index contributed by atoms with van der Waals surface area (Å²) in [4.78, 5) is 47.2. The first kappa shape index (κ1) is 25.7. The van der Waals surface area contributed by atoms with Crippen molar-refractivity contribution in [1.82, 2.24) is 19.9 Å². The number of carbonyl (C=O) groups excluding carboxylic acids is 1. The van der Waals surface area contributed by atoms with Crippen molar-refractivity contribution in [3.05, 3.63) is 45.7 Å². The zero-order chi connectivity index (χ0) is 23.7. The van der Waals surface area contributed by atoms with Gasteiger partial charge in [0, 0.05) is 38.0 Å². The number of methoxy groups -OCH3 is 1. The lowest BCUT2D eigenvalue weighted by Crippen LogP contribution is -2.45. The third kappa shape index (κ3) is 4.95. The van der Waals surface area contributed by atoms with Crippen LogP contribution in [0.3, 0.4) is 0 Å². The van der Waals surface area contributed by atoms with Crippen molar-refractivity contribution in [2.24, 2.45) is 5.73 Å². The van der Waals surface area contributed by atoms with E-state index in [0.29, 0.717) is 29.7 Å². The van der Waals surface area contributed by atoms with Crippen LogP contribution in [0.4, 0.5) is 5.82 Å². The molecule has 1 aliphatic rings. The first-order valence-corrected chi connectivity index (χ1v) is 11.2. The summed E-state index contributed by atoms with van der Waals surface area (Å²) >= 11 is 1.30. The van der Waals surface area contributed by atoms with E-state index in [1.165, 1.54) is 22.1 Å². The Kier molecular flexibility index (Phi) is 8.00. The highest BCUT2D eigenvalue weighted by Gasteiger charge is 2.34. The van der Waals surface area contributed by atoms with Gasteiger partial charge in [-0.1, -0.05) is 0 Å². The standard InChI is InChI=1S/C21H24N6O5S.ClH/c1-11(22)15(28)7-24-14-9-26(10-16(14)32-2)17-4-3-12-18(29)13(20(30)31)8-27(19(12)25-17)21-23-5-6-33-21;/h3-6,8,11,14,16,24H,7,9-10,22H2,1-2H3,(H,30,31);1H/t11-,14-,16-;/m0./s1. The van der Waals surface area contributed by atoms with E-state index in [1.807, 2.05) is 4.90 Å². The molecule has 0 saturated carbocycles. The number of carboxylic acids is 1. The second kappa shape index (κ2) is 10.6. The molecular weight excluding hydrogens is 484 g/mol. The van der Waals surface area contributed by atoms with Gasteiger partial charge in [-0.05, 0) is 19.1 Å². The van der Waals surface area contributed by atoms with Gasteiger partial charge >= 0.3 is 5.97 Å². The van der Waals surface area contributed by atoms with Crippen LogP contribution in [0.2, 0.25) is 0 Å². The van der Waals surface area contributed by atoms with Gasteiger partial charge in [0.2, 0.25) is 5.43 Å². The highest BCUT2D eigenvalue weighted by Crippen LogP contribution is 2.24. The van der Waals surface area contributed by atoms with Crippen molar-refractivity contribution in [1.29, 1.82) is 0 Å². The highest BCUT2D eigenvalue weighted by molar-refractivity contribution is 7.12. The molecule has 1 saturated heterocycles. The van der Waals surface area contributed by atoms with E-state index in [0.717, 1.165) is 0 Å². The second-order valence-electron chi connectivity index (χ2n) is 7.82. The number of fused-ring (bicyclic) bond motifs is 1. The van der Waals surface area contributed by atoms with Gasteiger partial charge in [0.15, 0.2) is 16.6 Å². The van der Waals surface area contributed by atoms with Gasteiger partial charge < -0.3 is 25.8 Å². The Labute approximate surface area is 205 Å². The first-order chi connectivity index (χ1) is 15.8. The number of ether oxygens (including phenoxy) is 1. The fourth-order valence-electron chi connectivity index (χ4n) is 3.79. The molecule has 1 aliphatic heterocycles. The van der Waals surface area contributed by atoms with Crippen molar-refractivity contribution in [3.63, 3.8) is 0 Å². The number of Topliss-reactive ketones (excluding diaryl/α,β-unsaturated/α-hetero) is 1. The maximum Gasteiger partial charge on any atom is 0.341 e. The van der Waals surface area contributed by atoms with Crippen LogP contribution >= 0.6 is 23.7 Å². The van der Waals surface area contributed by atoms with E-state index in [-0.39, 0.29) is 47.8 Å². The van der Waals surface area contributed by atoms with Crippen LogP contribution in [0, 0.1) is 0 Å². The number of halogens is 1. The lowest BCUT2D eigenvalue weighted by molar-refractivity contribution is -0.119. The monoisotopic (exact) mass is 508 g/mol. The minimum atomic E-state index is -1.31. The zero-order valence-electron chi connectivity index (χ0n) is 18.5. The number of carbonyl (C=O) groups is 2. The molecule has 4 rings (SSSR count). The maximum atomic E-state index is 12.7. The number of nitrogens with two attached hydrogens (primary N) is 1. The summed E-state index contributed by atoms with van der Waals surface area (Å²) < 4.78 is 7.12. The maximum absolute atomic E-state index is 12.7. The van der Waals surface area contributed by atoms with E-state index in [9.17, 15) is 19.5 Å². The van der Waals surface area contributed by atoms with Crippen LogP contribution in [-0.4, -0.2) is 76.3 Å². The summed E-state index contributed by atoms with van der Waals surface area (Å²) in [6.45, 7) is 2.84. The largest absolute Gasteiger partial charge is 0.477 e. The van der Waals surface area contributed by atoms with Crippen molar-refractivity contribution in [3.8, 4) is 5.13 Å². The Bertz CT molecular complexity index is 1250. The number of hydrogen-bond acceptors (Lipinski definition) is 10. The Morgan fingerprint density at radius 1 is 1.38 bits per heavy atom. The highest BCUT2D eigenvalue weighted by atomic mass is 35.5. The molecule has 3 atom stereocenters. The molecule has 182 valence electrons. The number of aromatic carboxylic acids is 1. The first-order valence-electron chi connectivity index (χ1n) is 10.3. The molecule has 0 amide bonds. The van der Waals surface area contributed by atoms with E-state index in [2.05, 4.69) is 10.3 Å². The van der Waals surface area contributed by atoms with Crippen molar-refractivity contribution in [2.75, 3.05) is 31.6 Å². The van der Waals surface area contributed by atoms with E-state index < -0.39 is 17.4 Å². The number of aromatic nitrogens is 3. The third-order valence-corrected chi connectivity index (χ3v) is 6.40. The molecule has 0 radical (unpaired) electrons. The smallest absolute Gasteiger partial charge is 0.341 e. The van der Waals surface area contributed by atoms with Crippen molar-refractivity contribution >= 4 is 52.3 Å². The van der Waals surface area contributed by atoms with Crippen LogP contribution in [0.15, 0.2) is 34.7 Å². The summed E-state index contributed by atoms with van der Waals surface area (Å²) in [7, 11) is 1.61. The minimum Gasteiger partial charge on any atom is -0.477 e. The predicted molar refractivity (Wildman–Crippen MR) is 131 cm³/mol. The second-order valence-corrected chi connectivity index (χ2v) is 8.70. The zero-order valence-corrected chi connectivity index (χ0v) is 20.1. The lowest BCUT2D eigenvalue weighted by Gasteiger charge is -2.19. The molecule has 4 heterocycles. The van der Waals surface area contributed by atoms with Gasteiger partial charge in [0.05, 0.1) is 30.1 Å². The van der Waals surface area contributed by atoms with Crippen LogP contribution < -0.4 is 21.4 Å². The Balaban J connectivity index is 0.00000324. The SMILES string of the molecule is CO[C@H]1CN(c2ccc3c(=O)c(C(=O)O)cn(-c4nccs4)c3n2)C[C@@H]1NCC(=O)[C@H](C)N.Cl. The van der Waals surface area contributed by atoms with Gasteiger partial charge in [-0.15, -0.1) is 23.7 Å². The molecule has 0 aromatic carbocycles. The summed E-state index contributed by atoms with van der Waals surface area (Å²) in [6, 6.07) is 2.60. The molecule has 11 nitrogen and oxygen atoms in total. The van der Waals surface area contributed by atoms with Crippen LogP contribution in [-0.2, 0) is 9.53 Å². The fraction of sp³-hybridized carbons (Fsp3) is 0.381. The topological polar surface area (TPSA) is 153 Å². The summed E-state index contributed by atoms with van der Waals surface area (Å²) in [5.74, 6) is -0.803. The Morgan fingerprint density at radius 2 is 2.15 bits per heavy atom. The van der Waals surface area contributed by atoms with Crippen LogP contribution in [0.25, 0.3) is 16.2 Å². The number of rotatable bonds is 8. The molecular formula is C21H25ClN6O5S. The van der Waals surface area contributed by atoms with Gasteiger partial charge in [0.1, 0.15) is 11.4 Å². The summed E-state index contributed by atoms with van der Waals surface area (Å²) in [6.07, 6.45) is 2.67. The molecule has 0 aliphatic carbocycles. The number of pyridine rings is 2. The number of thiazole rings is 1. The van der Waals surface area contributed by atoms with Crippen LogP contribution in [0.5, 0.6) is 0 Å². The molecule has 0 bridgehead atoms. The number of nitrogens with zero attached hydrogens (tertiary/aromatic N) is 4. The van der Waals surface area contributed by atoms with E-state index in [1.54, 1.807) is 37.7 Å². The van der Waals surface area contributed by atoms with E-state index >= 15 is 0 Å². The summed E-state index contributed by atoms with van der Waals surface area (Å²) in [5.41, 5.74) is 5.01. The number of ketones is 1. The van der Waals surface area contributed by atoms with Crippen molar-refractivity contribution in [2.45, 2.75) is 25.1 Å². The average Bonchev–Trinajstić information content (AvgIpc) is 3.47. The van der Waals surface area contributed by atoms with Gasteiger partial charge in [-0.25, -0.2) is 14.8 Å². The number of carboxylic acid groups (broad SMARTS) is 1. The molecule has 3 aromatic rings. The molecule has 0 spiro atoms. The Hall–Kier alpha value is -2.90. The van der Waals surface area contributed by atoms with Crippen LogP contribution in [0.1, 0.15) is 17.3 Å². The quantitative estimate of drug-likeness (QED) is 0.395. The summed E-state index contributed by atoms with van der Waals surface area (Å²) in [5, 5.41) is 15.1. The Morgan fingerprint density at radius 3 is 2.76 bits per heavy atom. The van der Waals surface area contributed by atoms with Gasteiger partial charge in [-0.3, -0.25) is 14.2 Å².